The zero-order valence-electron chi connectivity index (χ0n) is 14.5. The lowest BCUT2D eigenvalue weighted by Crippen LogP contribution is -2.19. The minimum Gasteiger partial charge on any atom is -0.486 e. The summed E-state index contributed by atoms with van der Waals surface area (Å²) in [7, 11) is 4.14. The Bertz CT molecular complexity index is 900. The highest BCUT2D eigenvalue weighted by atomic mass is 16.6. The molecule has 25 heavy (non-hydrogen) atoms. The Balaban J connectivity index is 1.87. The van der Waals surface area contributed by atoms with Gasteiger partial charge in [0.25, 0.3) is 0 Å². The van der Waals surface area contributed by atoms with Gasteiger partial charge in [-0.25, -0.2) is 4.98 Å². The van der Waals surface area contributed by atoms with Crippen molar-refractivity contribution in [2.45, 2.75) is 6.54 Å². The molecule has 0 unspecified atom stereocenters. The number of hydrogen-bond donors (Lipinski definition) is 1. The number of likely N-dealkylation sites (N-methyl/N-ethyl adjacent to an activating group) is 1. The van der Waals surface area contributed by atoms with Gasteiger partial charge in [-0.2, -0.15) is 0 Å². The molecule has 0 saturated heterocycles. The Morgan fingerprint density at radius 2 is 1.76 bits per heavy atom. The SMILES string of the molecule is CN(C)CCn1c(-c2ccc(N)cc2)nc2cc3c(cc21)OCCO3. The lowest BCUT2D eigenvalue weighted by atomic mass is 10.2. The fourth-order valence-corrected chi connectivity index (χ4v) is 3.04. The highest BCUT2D eigenvalue weighted by molar-refractivity contribution is 5.84. The first-order chi connectivity index (χ1) is 12.1. The first kappa shape index (κ1) is 15.8. The van der Waals surface area contributed by atoms with Gasteiger partial charge in [-0.3, -0.25) is 0 Å². The zero-order valence-corrected chi connectivity index (χ0v) is 14.5. The molecule has 6 heteroatoms. The second-order valence-corrected chi connectivity index (χ2v) is 6.50. The molecule has 1 aliphatic rings. The summed E-state index contributed by atoms with van der Waals surface area (Å²) in [5.74, 6) is 2.48. The molecule has 0 atom stereocenters. The van der Waals surface area contributed by atoms with Gasteiger partial charge in [0.1, 0.15) is 19.0 Å². The second-order valence-electron chi connectivity index (χ2n) is 6.50. The fraction of sp³-hybridized carbons (Fsp3) is 0.316. The van der Waals surface area contributed by atoms with Gasteiger partial charge in [-0.05, 0) is 38.4 Å². The van der Waals surface area contributed by atoms with Crippen molar-refractivity contribution in [2.24, 2.45) is 0 Å². The molecule has 0 bridgehead atoms. The highest BCUT2D eigenvalue weighted by Crippen LogP contribution is 2.36. The summed E-state index contributed by atoms with van der Waals surface area (Å²) in [5, 5.41) is 0. The summed E-state index contributed by atoms with van der Waals surface area (Å²) in [4.78, 5) is 7.03. The van der Waals surface area contributed by atoms with Crippen molar-refractivity contribution in [2.75, 3.05) is 39.6 Å². The molecule has 2 aromatic carbocycles. The van der Waals surface area contributed by atoms with Crippen LogP contribution in [0.2, 0.25) is 0 Å². The van der Waals surface area contributed by atoms with Gasteiger partial charge in [0.15, 0.2) is 11.5 Å². The van der Waals surface area contributed by atoms with Crippen molar-refractivity contribution in [1.29, 1.82) is 0 Å². The quantitative estimate of drug-likeness (QED) is 0.741. The molecule has 2 heterocycles. The molecule has 0 saturated carbocycles. The largest absolute Gasteiger partial charge is 0.486 e. The molecule has 6 nitrogen and oxygen atoms in total. The number of anilines is 1. The minimum atomic E-state index is 0.574. The van der Waals surface area contributed by atoms with Crippen molar-refractivity contribution < 1.29 is 9.47 Å². The van der Waals surface area contributed by atoms with Crippen molar-refractivity contribution >= 4 is 16.7 Å². The van der Waals surface area contributed by atoms with E-state index in [-0.39, 0.29) is 0 Å². The zero-order chi connectivity index (χ0) is 17.4. The predicted molar refractivity (Wildman–Crippen MR) is 99.1 cm³/mol. The number of benzene rings is 2. The maximum Gasteiger partial charge on any atom is 0.163 e. The summed E-state index contributed by atoms with van der Waals surface area (Å²) in [6.07, 6.45) is 0. The second kappa shape index (κ2) is 6.29. The maximum atomic E-state index is 5.83. The normalized spacial score (nSPS) is 13.6. The van der Waals surface area contributed by atoms with Gasteiger partial charge >= 0.3 is 0 Å². The lowest BCUT2D eigenvalue weighted by molar-refractivity contribution is 0.172. The van der Waals surface area contributed by atoms with Crippen molar-refractivity contribution in [3.05, 3.63) is 36.4 Å². The van der Waals surface area contributed by atoms with Crippen LogP contribution in [0, 0.1) is 0 Å². The van der Waals surface area contributed by atoms with Crippen LogP contribution in [-0.2, 0) is 6.54 Å². The number of imidazole rings is 1. The molecule has 0 aliphatic carbocycles. The molecule has 0 amide bonds. The van der Waals surface area contributed by atoms with Crippen LogP contribution in [-0.4, -0.2) is 48.3 Å². The van der Waals surface area contributed by atoms with E-state index in [1.807, 2.05) is 36.4 Å². The number of rotatable bonds is 4. The van der Waals surface area contributed by atoms with Gasteiger partial charge in [0.05, 0.1) is 11.0 Å². The molecular formula is C19H22N4O2. The van der Waals surface area contributed by atoms with Gasteiger partial charge in [0.2, 0.25) is 0 Å². The van der Waals surface area contributed by atoms with E-state index in [4.69, 9.17) is 20.2 Å². The molecule has 1 aliphatic heterocycles. The molecule has 4 rings (SSSR count). The first-order valence-corrected chi connectivity index (χ1v) is 8.42. The molecule has 0 radical (unpaired) electrons. The maximum absolute atomic E-state index is 5.83. The summed E-state index contributed by atoms with van der Waals surface area (Å²) in [6.45, 7) is 2.91. The van der Waals surface area contributed by atoms with E-state index in [9.17, 15) is 0 Å². The third-order valence-corrected chi connectivity index (χ3v) is 4.35. The number of aromatic nitrogens is 2. The van der Waals surface area contributed by atoms with Crippen LogP contribution in [0.5, 0.6) is 11.5 Å². The summed E-state index contributed by atoms with van der Waals surface area (Å²) in [5.41, 5.74) is 9.59. The lowest BCUT2D eigenvalue weighted by Gasteiger charge is -2.18. The first-order valence-electron chi connectivity index (χ1n) is 8.42. The fourth-order valence-electron chi connectivity index (χ4n) is 3.04. The van der Waals surface area contributed by atoms with Gasteiger partial charge in [-0.15, -0.1) is 0 Å². The number of ether oxygens (including phenoxy) is 2. The Kier molecular flexibility index (Phi) is 3.97. The number of hydrogen-bond acceptors (Lipinski definition) is 5. The molecule has 1 aromatic heterocycles. The Morgan fingerprint density at radius 3 is 2.44 bits per heavy atom. The Morgan fingerprint density at radius 1 is 1.08 bits per heavy atom. The monoisotopic (exact) mass is 338 g/mol. The van der Waals surface area contributed by atoms with Crippen LogP contribution in [0.4, 0.5) is 5.69 Å². The van der Waals surface area contributed by atoms with E-state index in [0.29, 0.717) is 13.2 Å². The third-order valence-electron chi connectivity index (χ3n) is 4.35. The van der Waals surface area contributed by atoms with E-state index >= 15 is 0 Å². The average molecular weight is 338 g/mol. The molecule has 3 aromatic rings. The van der Waals surface area contributed by atoms with E-state index in [2.05, 4.69) is 23.6 Å². The topological polar surface area (TPSA) is 65.5 Å². The molecule has 0 fully saturated rings. The Hall–Kier alpha value is -2.73. The van der Waals surface area contributed by atoms with E-state index in [0.717, 1.165) is 52.7 Å². The van der Waals surface area contributed by atoms with Crippen molar-refractivity contribution in [3.63, 3.8) is 0 Å². The Labute approximate surface area is 146 Å². The van der Waals surface area contributed by atoms with Crippen molar-refractivity contribution in [3.8, 4) is 22.9 Å². The standard InChI is InChI=1S/C19H22N4O2/c1-22(2)7-8-23-16-12-18-17(24-9-10-25-18)11-15(16)21-19(23)13-3-5-14(20)6-4-13/h3-6,11-12H,7-10,20H2,1-2H3. The predicted octanol–water partition coefficient (Wildman–Crippen LogP) is 2.62. The van der Waals surface area contributed by atoms with Crippen LogP contribution in [0.1, 0.15) is 0 Å². The van der Waals surface area contributed by atoms with E-state index < -0.39 is 0 Å². The summed E-state index contributed by atoms with van der Waals surface area (Å²) >= 11 is 0. The third kappa shape index (κ3) is 3.00. The van der Waals surface area contributed by atoms with Gasteiger partial charge in [0, 0.05) is 36.5 Å². The summed E-state index contributed by atoms with van der Waals surface area (Å²) in [6, 6.07) is 11.8. The number of nitrogen functional groups attached to an aromatic ring is 1. The summed E-state index contributed by atoms with van der Waals surface area (Å²) < 4.78 is 13.7. The number of nitrogens with zero attached hydrogens (tertiary/aromatic N) is 3. The van der Waals surface area contributed by atoms with Crippen LogP contribution in [0.15, 0.2) is 36.4 Å². The smallest absolute Gasteiger partial charge is 0.163 e. The number of fused-ring (bicyclic) bond motifs is 2. The molecule has 130 valence electrons. The van der Waals surface area contributed by atoms with Crippen LogP contribution in [0.25, 0.3) is 22.4 Å². The molecule has 2 N–H and O–H groups in total. The van der Waals surface area contributed by atoms with Gasteiger partial charge in [-0.1, -0.05) is 0 Å². The van der Waals surface area contributed by atoms with Gasteiger partial charge < -0.3 is 24.7 Å². The average Bonchev–Trinajstić information content (AvgIpc) is 2.96. The van der Waals surface area contributed by atoms with Crippen LogP contribution in [0.3, 0.4) is 0 Å². The highest BCUT2D eigenvalue weighted by Gasteiger charge is 2.19. The van der Waals surface area contributed by atoms with E-state index in [1.54, 1.807) is 0 Å². The number of nitrogens with two attached hydrogens (primary N) is 1. The van der Waals surface area contributed by atoms with Crippen LogP contribution >= 0.6 is 0 Å². The minimum absolute atomic E-state index is 0.574. The van der Waals surface area contributed by atoms with E-state index in [1.165, 1.54) is 0 Å². The van der Waals surface area contributed by atoms with Crippen molar-refractivity contribution in [1.82, 2.24) is 14.5 Å². The van der Waals surface area contributed by atoms with Crippen LogP contribution < -0.4 is 15.2 Å². The molecular weight excluding hydrogens is 316 g/mol. The molecule has 0 spiro atoms.